The van der Waals surface area contributed by atoms with Crippen LogP contribution in [0.25, 0.3) is 0 Å². The van der Waals surface area contributed by atoms with Gasteiger partial charge in [-0.1, -0.05) is 18.2 Å². The molecule has 2 N–H and O–H groups in total. The number of nitriles is 1. The van der Waals surface area contributed by atoms with Crippen LogP contribution in [0.3, 0.4) is 0 Å². The minimum atomic E-state index is -4.72. The van der Waals surface area contributed by atoms with Gasteiger partial charge < -0.3 is 10.1 Å². The summed E-state index contributed by atoms with van der Waals surface area (Å²) >= 11 is 0. The average molecular weight is 374 g/mol. The SMILES string of the molecule is CN(C)S(=O)(=O)c1[nH]c(C(O)c2ccccc2C(F)(F)F)nc1C#N. The first kappa shape index (κ1) is 18.9. The molecule has 0 aliphatic carbocycles. The molecule has 0 saturated carbocycles. The van der Waals surface area contributed by atoms with Crippen LogP contribution in [0.2, 0.25) is 0 Å². The van der Waals surface area contributed by atoms with E-state index < -0.39 is 50.0 Å². The first-order valence-electron chi connectivity index (χ1n) is 6.77. The molecular weight excluding hydrogens is 361 g/mol. The van der Waals surface area contributed by atoms with Crippen molar-refractivity contribution in [3.05, 3.63) is 46.9 Å². The maximum absolute atomic E-state index is 13.1. The predicted octanol–water partition coefficient (Wildman–Crippen LogP) is 1.63. The Kier molecular flexibility index (Phi) is 4.90. The van der Waals surface area contributed by atoms with Gasteiger partial charge in [-0.2, -0.15) is 18.4 Å². The first-order valence-corrected chi connectivity index (χ1v) is 8.21. The Bertz CT molecular complexity index is 930. The molecule has 0 radical (unpaired) electrons. The highest BCUT2D eigenvalue weighted by Crippen LogP contribution is 2.36. The maximum Gasteiger partial charge on any atom is 0.416 e. The fraction of sp³-hybridized carbons (Fsp3) is 0.286. The molecule has 0 bridgehead atoms. The summed E-state index contributed by atoms with van der Waals surface area (Å²) in [4.78, 5) is 5.89. The summed E-state index contributed by atoms with van der Waals surface area (Å²) in [5.74, 6) is -0.478. The zero-order valence-corrected chi connectivity index (χ0v) is 13.9. The van der Waals surface area contributed by atoms with E-state index in [0.29, 0.717) is 0 Å². The molecule has 134 valence electrons. The van der Waals surface area contributed by atoms with E-state index in [9.17, 15) is 26.7 Å². The van der Waals surface area contributed by atoms with Crippen LogP contribution in [-0.2, 0) is 16.2 Å². The summed E-state index contributed by atoms with van der Waals surface area (Å²) in [6.07, 6.45) is -6.61. The minimum absolute atomic E-state index is 0.478. The number of nitrogens with zero attached hydrogens (tertiary/aromatic N) is 3. The molecule has 1 aromatic carbocycles. The number of rotatable bonds is 4. The number of aliphatic hydroxyl groups is 1. The second-order valence-corrected chi connectivity index (χ2v) is 7.28. The van der Waals surface area contributed by atoms with Gasteiger partial charge in [0.15, 0.2) is 10.7 Å². The molecule has 2 rings (SSSR count). The van der Waals surface area contributed by atoms with Crippen molar-refractivity contribution in [1.82, 2.24) is 14.3 Å². The van der Waals surface area contributed by atoms with Gasteiger partial charge in [0.25, 0.3) is 10.0 Å². The minimum Gasteiger partial charge on any atom is -0.380 e. The third kappa shape index (κ3) is 3.51. The monoisotopic (exact) mass is 374 g/mol. The lowest BCUT2D eigenvalue weighted by Crippen LogP contribution is -2.23. The molecule has 7 nitrogen and oxygen atoms in total. The Morgan fingerprint density at radius 2 is 1.92 bits per heavy atom. The molecule has 1 unspecified atom stereocenters. The highest BCUT2D eigenvalue weighted by molar-refractivity contribution is 7.89. The van der Waals surface area contributed by atoms with Crippen LogP contribution >= 0.6 is 0 Å². The molecule has 1 heterocycles. The largest absolute Gasteiger partial charge is 0.416 e. The number of H-pyrrole nitrogens is 1. The van der Waals surface area contributed by atoms with Gasteiger partial charge in [0, 0.05) is 19.7 Å². The van der Waals surface area contributed by atoms with Crippen LogP contribution < -0.4 is 0 Å². The van der Waals surface area contributed by atoms with Crippen molar-refractivity contribution >= 4 is 10.0 Å². The van der Waals surface area contributed by atoms with Crippen molar-refractivity contribution in [2.75, 3.05) is 14.1 Å². The lowest BCUT2D eigenvalue weighted by molar-refractivity contribution is -0.139. The zero-order chi connectivity index (χ0) is 19.0. The Morgan fingerprint density at radius 3 is 2.44 bits per heavy atom. The van der Waals surface area contributed by atoms with Crippen molar-refractivity contribution in [3.63, 3.8) is 0 Å². The summed E-state index contributed by atoms with van der Waals surface area (Å²) in [6, 6.07) is 5.82. The van der Waals surface area contributed by atoms with Crippen LogP contribution in [-0.4, -0.2) is 41.9 Å². The average Bonchev–Trinajstić information content (AvgIpc) is 2.98. The van der Waals surface area contributed by atoms with Crippen LogP contribution in [0.1, 0.15) is 28.7 Å². The molecule has 0 aliphatic heterocycles. The molecule has 0 aliphatic rings. The van der Waals surface area contributed by atoms with Crippen molar-refractivity contribution < 1.29 is 26.7 Å². The molecule has 0 spiro atoms. The standard InChI is InChI=1S/C14H13F3N4O3S/c1-21(2)25(23,24)13-10(7-18)19-12(20-13)11(22)8-5-3-4-6-9(8)14(15,16)17/h3-6,11,22H,1-2H3,(H,19,20). The fourth-order valence-electron chi connectivity index (χ4n) is 2.09. The summed E-state index contributed by atoms with van der Waals surface area (Å²) in [5.41, 5.74) is -2.15. The number of nitrogens with one attached hydrogen (secondary N) is 1. The van der Waals surface area contributed by atoms with Gasteiger partial charge in [0.1, 0.15) is 18.0 Å². The summed E-state index contributed by atoms with van der Waals surface area (Å²) in [5, 5.41) is 18.7. The van der Waals surface area contributed by atoms with E-state index in [2.05, 4.69) is 9.97 Å². The van der Waals surface area contributed by atoms with Crippen molar-refractivity contribution in [1.29, 1.82) is 5.26 Å². The molecule has 0 amide bonds. The summed E-state index contributed by atoms with van der Waals surface area (Å²) in [6.45, 7) is 0. The molecule has 11 heteroatoms. The van der Waals surface area contributed by atoms with E-state index in [4.69, 9.17) is 5.26 Å². The number of aliphatic hydroxyl groups excluding tert-OH is 1. The number of hydrogen-bond acceptors (Lipinski definition) is 5. The van der Waals surface area contributed by atoms with Crippen molar-refractivity contribution in [3.8, 4) is 6.07 Å². The normalized spacial score (nSPS) is 13.7. The maximum atomic E-state index is 13.1. The van der Waals surface area contributed by atoms with E-state index in [1.54, 1.807) is 6.07 Å². The van der Waals surface area contributed by atoms with Gasteiger partial charge in [0.05, 0.1) is 5.56 Å². The zero-order valence-electron chi connectivity index (χ0n) is 13.0. The number of aromatic amines is 1. The van der Waals surface area contributed by atoms with E-state index >= 15 is 0 Å². The van der Waals surface area contributed by atoms with Crippen LogP contribution in [0.15, 0.2) is 29.3 Å². The van der Waals surface area contributed by atoms with Gasteiger partial charge in [-0.15, -0.1) is 0 Å². The summed E-state index contributed by atoms with van der Waals surface area (Å²) < 4.78 is 64.3. The van der Waals surface area contributed by atoms with Crippen LogP contribution in [0.4, 0.5) is 13.2 Å². The van der Waals surface area contributed by atoms with E-state index in [0.717, 1.165) is 22.5 Å². The number of imidazole rings is 1. The third-order valence-electron chi connectivity index (χ3n) is 3.35. The van der Waals surface area contributed by atoms with Gasteiger partial charge in [-0.3, -0.25) is 0 Å². The van der Waals surface area contributed by atoms with Gasteiger partial charge in [-0.05, 0) is 6.07 Å². The third-order valence-corrected chi connectivity index (χ3v) is 5.13. The Balaban J connectivity index is 2.59. The lowest BCUT2D eigenvalue weighted by atomic mass is 10.0. The van der Waals surface area contributed by atoms with E-state index in [1.165, 1.54) is 20.2 Å². The lowest BCUT2D eigenvalue weighted by Gasteiger charge is -2.16. The number of sulfonamides is 1. The smallest absolute Gasteiger partial charge is 0.380 e. The Labute approximate surface area is 141 Å². The number of alkyl halides is 3. The highest BCUT2D eigenvalue weighted by atomic mass is 32.2. The molecule has 0 fully saturated rings. The molecule has 2 aromatic rings. The fourth-order valence-corrected chi connectivity index (χ4v) is 3.02. The molecule has 0 saturated heterocycles. The van der Waals surface area contributed by atoms with Crippen LogP contribution in [0, 0.1) is 11.3 Å². The van der Waals surface area contributed by atoms with E-state index in [-0.39, 0.29) is 0 Å². The van der Waals surface area contributed by atoms with E-state index in [1.807, 2.05) is 0 Å². The van der Waals surface area contributed by atoms with Crippen molar-refractivity contribution in [2.45, 2.75) is 17.3 Å². The van der Waals surface area contributed by atoms with Crippen molar-refractivity contribution in [2.24, 2.45) is 0 Å². The second-order valence-electron chi connectivity index (χ2n) is 5.19. The molecular formula is C14H13F3N4O3S. The Morgan fingerprint density at radius 1 is 1.32 bits per heavy atom. The molecule has 25 heavy (non-hydrogen) atoms. The Hall–Kier alpha value is -2.42. The van der Waals surface area contributed by atoms with Gasteiger partial charge >= 0.3 is 6.18 Å². The number of benzene rings is 1. The number of halogens is 3. The summed E-state index contributed by atoms with van der Waals surface area (Å²) in [7, 11) is -1.66. The predicted molar refractivity (Wildman–Crippen MR) is 79.7 cm³/mol. The first-order chi connectivity index (χ1) is 11.5. The second kappa shape index (κ2) is 6.47. The topological polar surface area (TPSA) is 110 Å². The van der Waals surface area contributed by atoms with Gasteiger partial charge in [-0.25, -0.2) is 17.7 Å². The van der Waals surface area contributed by atoms with Crippen LogP contribution in [0.5, 0.6) is 0 Å². The quantitative estimate of drug-likeness (QED) is 0.845. The number of aromatic nitrogens is 2. The molecule has 1 aromatic heterocycles. The highest BCUT2D eigenvalue weighted by Gasteiger charge is 2.36. The van der Waals surface area contributed by atoms with Gasteiger partial charge in [0.2, 0.25) is 0 Å². The number of hydrogen-bond donors (Lipinski definition) is 2. The molecule has 1 atom stereocenters.